The summed E-state index contributed by atoms with van der Waals surface area (Å²) in [7, 11) is 1.64. The standard InChI is InChI=1S/C18H22BrN3O2/c1-12-5-7-13(8-6-12)17-14(4-3-9-24-17)10-20-15-11-21-22(2)18(23)16(15)19/h5-8,11,14,17,20H,3-4,9-10H2,1-2H3. The maximum atomic E-state index is 11.9. The van der Waals surface area contributed by atoms with E-state index < -0.39 is 0 Å². The maximum Gasteiger partial charge on any atom is 0.282 e. The monoisotopic (exact) mass is 391 g/mol. The van der Waals surface area contributed by atoms with Gasteiger partial charge in [-0.15, -0.1) is 0 Å². The van der Waals surface area contributed by atoms with Gasteiger partial charge in [-0.05, 0) is 41.3 Å². The second-order valence-corrected chi connectivity index (χ2v) is 7.08. The minimum Gasteiger partial charge on any atom is -0.382 e. The zero-order valence-electron chi connectivity index (χ0n) is 14.0. The molecule has 2 atom stereocenters. The number of anilines is 1. The van der Waals surface area contributed by atoms with Crippen LogP contribution in [0, 0.1) is 12.8 Å². The van der Waals surface area contributed by atoms with Gasteiger partial charge in [-0.3, -0.25) is 4.79 Å². The lowest BCUT2D eigenvalue weighted by Gasteiger charge is -2.32. The number of aromatic nitrogens is 2. The van der Waals surface area contributed by atoms with E-state index in [1.807, 2.05) is 0 Å². The Morgan fingerprint density at radius 2 is 2.12 bits per heavy atom. The first-order valence-electron chi connectivity index (χ1n) is 8.20. The van der Waals surface area contributed by atoms with Gasteiger partial charge in [0.2, 0.25) is 0 Å². The summed E-state index contributed by atoms with van der Waals surface area (Å²) in [5.74, 6) is 0.359. The molecule has 0 spiro atoms. The number of nitrogens with one attached hydrogen (secondary N) is 1. The normalized spacial score (nSPS) is 20.8. The predicted octanol–water partition coefficient (Wildman–Crippen LogP) is 3.43. The summed E-state index contributed by atoms with van der Waals surface area (Å²) in [4.78, 5) is 11.9. The van der Waals surface area contributed by atoms with Crippen molar-refractivity contribution >= 4 is 21.6 Å². The molecular formula is C18H22BrN3O2. The Balaban J connectivity index is 1.74. The lowest BCUT2D eigenvalue weighted by Crippen LogP contribution is -2.29. The van der Waals surface area contributed by atoms with Gasteiger partial charge >= 0.3 is 0 Å². The molecule has 0 saturated carbocycles. The summed E-state index contributed by atoms with van der Waals surface area (Å²) in [6, 6.07) is 8.54. The molecule has 1 fully saturated rings. The van der Waals surface area contributed by atoms with Crippen molar-refractivity contribution in [1.29, 1.82) is 0 Å². The molecule has 5 nitrogen and oxygen atoms in total. The molecule has 1 aromatic heterocycles. The van der Waals surface area contributed by atoms with Crippen LogP contribution in [0.5, 0.6) is 0 Å². The first-order chi connectivity index (χ1) is 11.6. The molecule has 6 heteroatoms. The van der Waals surface area contributed by atoms with Crippen molar-refractivity contribution in [1.82, 2.24) is 9.78 Å². The zero-order valence-corrected chi connectivity index (χ0v) is 15.5. The summed E-state index contributed by atoms with van der Waals surface area (Å²) >= 11 is 3.36. The Kier molecular flexibility index (Phi) is 5.36. The molecule has 128 valence electrons. The van der Waals surface area contributed by atoms with Crippen molar-refractivity contribution in [3.63, 3.8) is 0 Å². The lowest BCUT2D eigenvalue weighted by molar-refractivity contribution is -0.0238. The van der Waals surface area contributed by atoms with E-state index in [4.69, 9.17) is 4.74 Å². The number of hydrogen-bond acceptors (Lipinski definition) is 4. The summed E-state index contributed by atoms with van der Waals surface area (Å²) in [5, 5.41) is 7.43. The Morgan fingerprint density at radius 3 is 2.88 bits per heavy atom. The molecule has 0 radical (unpaired) electrons. The van der Waals surface area contributed by atoms with Gasteiger partial charge < -0.3 is 10.1 Å². The molecule has 24 heavy (non-hydrogen) atoms. The largest absolute Gasteiger partial charge is 0.382 e. The van der Waals surface area contributed by atoms with Crippen LogP contribution in [-0.2, 0) is 11.8 Å². The molecular weight excluding hydrogens is 370 g/mol. The molecule has 2 heterocycles. The Morgan fingerprint density at radius 1 is 1.38 bits per heavy atom. The van der Waals surface area contributed by atoms with Gasteiger partial charge in [0, 0.05) is 26.1 Å². The smallest absolute Gasteiger partial charge is 0.282 e. The molecule has 1 aliphatic heterocycles. The van der Waals surface area contributed by atoms with Gasteiger partial charge in [0.25, 0.3) is 5.56 Å². The number of rotatable bonds is 4. The van der Waals surface area contributed by atoms with Crippen LogP contribution in [0.2, 0.25) is 0 Å². The minimum atomic E-state index is -0.144. The van der Waals surface area contributed by atoms with E-state index in [0.29, 0.717) is 10.4 Å². The molecule has 1 saturated heterocycles. The molecule has 0 aliphatic carbocycles. The summed E-state index contributed by atoms with van der Waals surface area (Å²) in [5.41, 5.74) is 3.05. The van der Waals surface area contributed by atoms with Crippen molar-refractivity contribution < 1.29 is 4.74 Å². The Hall–Kier alpha value is -1.66. The highest BCUT2D eigenvalue weighted by Crippen LogP contribution is 2.34. The van der Waals surface area contributed by atoms with Gasteiger partial charge in [0.05, 0.1) is 18.0 Å². The number of hydrogen-bond donors (Lipinski definition) is 1. The van der Waals surface area contributed by atoms with Crippen molar-refractivity contribution in [2.75, 3.05) is 18.5 Å². The van der Waals surface area contributed by atoms with Crippen molar-refractivity contribution in [3.8, 4) is 0 Å². The summed E-state index contributed by atoms with van der Waals surface area (Å²) < 4.78 is 7.88. The third-order valence-electron chi connectivity index (χ3n) is 4.48. The molecule has 2 unspecified atom stereocenters. The third-order valence-corrected chi connectivity index (χ3v) is 5.25. The topological polar surface area (TPSA) is 56.1 Å². The fourth-order valence-electron chi connectivity index (χ4n) is 3.05. The minimum absolute atomic E-state index is 0.0881. The van der Waals surface area contributed by atoms with Gasteiger partial charge in [-0.2, -0.15) is 5.10 Å². The van der Waals surface area contributed by atoms with Crippen LogP contribution in [0.4, 0.5) is 5.69 Å². The molecule has 3 rings (SSSR count). The van der Waals surface area contributed by atoms with E-state index in [2.05, 4.69) is 57.5 Å². The van der Waals surface area contributed by atoms with Crippen LogP contribution in [0.1, 0.15) is 30.1 Å². The average molecular weight is 392 g/mol. The van der Waals surface area contributed by atoms with E-state index >= 15 is 0 Å². The first kappa shape index (κ1) is 17.2. The second kappa shape index (κ2) is 7.49. The molecule has 0 amide bonds. The lowest BCUT2D eigenvalue weighted by atomic mass is 9.89. The van der Waals surface area contributed by atoms with Crippen LogP contribution in [-0.4, -0.2) is 22.9 Å². The number of benzene rings is 1. The quantitative estimate of drug-likeness (QED) is 0.866. The van der Waals surface area contributed by atoms with Gasteiger partial charge in [-0.25, -0.2) is 4.68 Å². The number of nitrogens with zero attached hydrogens (tertiary/aromatic N) is 2. The van der Waals surface area contributed by atoms with Crippen LogP contribution in [0.15, 0.2) is 39.7 Å². The second-order valence-electron chi connectivity index (χ2n) is 6.29. The van der Waals surface area contributed by atoms with E-state index in [1.165, 1.54) is 15.8 Å². The molecule has 1 N–H and O–H groups in total. The van der Waals surface area contributed by atoms with E-state index in [1.54, 1.807) is 13.2 Å². The molecule has 1 aliphatic rings. The molecule has 1 aromatic carbocycles. The Bertz CT molecular complexity index is 758. The highest BCUT2D eigenvalue weighted by Gasteiger charge is 2.27. The zero-order chi connectivity index (χ0) is 17.1. The van der Waals surface area contributed by atoms with Gasteiger partial charge in [-0.1, -0.05) is 29.8 Å². The van der Waals surface area contributed by atoms with Crippen LogP contribution < -0.4 is 10.9 Å². The molecule has 2 aromatic rings. The highest BCUT2D eigenvalue weighted by molar-refractivity contribution is 9.10. The van der Waals surface area contributed by atoms with Crippen molar-refractivity contribution in [2.24, 2.45) is 13.0 Å². The van der Waals surface area contributed by atoms with Crippen LogP contribution in [0.25, 0.3) is 0 Å². The van der Waals surface area contributed by atoms with Gasteiger partial charge in [0.15, 0.2) is 0 Å². The average Bonchev–Trinajstić information content (AvgIpc) is 2.60. The maximum absolute atomic E-state index is 11.9. The van der Waals surface area contributed by atoms with Crippen molar-refractivity contribution in [2.45, 2.75) is 25.9 Å². The van der Waals surface area contributed by atoms with E-state index in [9.17, 15) is 4.79 Å². The van der Waals surface area contributed by atoms with Crippen molar-refractivity contribution in [3.05, 3.63) is 56.4 Å². The number of halogens is 1. The SMILES string of the molecule is Cc1ccc(C2OCCCC2CNc2cnn(C)c(=O)c2Br)cc1. The third kappa shape index (κ3) is 3.70. The number of aryl methyl sites for hydroxylation is 2. The summed E-state index contributed by atoms with van der Waals surface area (Å²) in [6.45, 7) is 3.63. The predicted molar refractivity (Wildman–Crippen MR) is 98.3 cm³/mol. The van der Waals surface area contributed by atoms with Crippen LogP contribution in [0.3, 0.4) is 0 Å². The van der Waals surface area contributed by atoms with E-state index in [0.717, 1.165) is 31.7 Å². The number of ether oxygens (including phenoxy) is 1. The first-order valence-corrected chi connectivity index (χ1v) is 8.99. The summed E-state index contributed by atoms with van der Waals surface area (Å²) in [6.07, 6.45) is 3.92. The van der Waals surface area contributed by atoms with E-state index in [-0.39, 0.29) is 11.7 Å². The van der Waals surface area contributed by atoms with Crippen LogP contribution >= 0.6 is 15.9 Å². The van der Waals surface area contributed by atoms with Gasteiger partial charge in [0.1, 0.15) is 4.47 Å². The molecule has 0 bridgehead atoms. The fraction of sp³-hybridized carbons (Fsp3) is 0.444. The highest BCUT2D eigenvalue weighted by atomic mass is 79.9. The fourth-order valence-corrected chi connectivity index (χ4v) is 3.55. The Labute approximate surface area is 150 Å².